The summed E-state index contributed by atoms with van der Waals surface area (Å²) in [6.45, 7) is 4.85. The van der Waals surface area contributed by atoms with E-state index in [4.69, 9.17) is 17.0 Å². The molecule has 6 nitrogen and oxygen atoms in total. The monoisotopic (exact) mass is 436 g/mol. The van der Waals surface area contributed by atoms with Gasteiger partial charge in [0.1, 0.15) is 0 Å². The van der Waals surface area contributed by atoms with Crippen molar-refractivity contribution in [2.45, 2.75) is 75.9 Å². The van der Waals surface area contributed by atoms with E-state index < -0.39 is 0 Å². The van der Waals surface area contributed by atoms with Crippen molar-refractivity contribution in [1.82, 2.24) is 19.2 Å². The van der Waals surface area contributed by atoms with Gasteiger partial charge in [0.2, 0.25) is 10.5 Å². The molecule has 2 fully saturated rings. The van der Waals surface area contributed by atoms with Crippen molar-refractivity contribution in [1.29, 1.82) is 0 Å². The molecule has 7 heteroatoms. The number of rotatable bonds is 1. The molecule has 1 unspecified atom stereocenters. The standard InChI is InChI=1S/C24H28N4O2S/c1-23(2)14-16(9-12-30-23)27-20(29)18-19(28-21(27)25-26-22(28)31)17-8-4-3-7-15(17)13-24(18)10-5-6-11-24/h3-4,7-8,16H,5-6,9-14H2,1-2H3,(H,26,31). The molecule has 3 heterocycles. The first-order chi connectivity index (χ1) is 14.9. The lowest BCUT2D eigenvalue weighted by Gasteiger charge is -2.39. The average molecular weight is 437 g/mol. The van der Waals surface area contributed by atoms with Gasteiger partial charge in [-0.1, -0.05) is 37.1 Å². The molecule has 1 saturated carbocycles. The van der Waals surface area contributed by atoms with E-state index in [2.05, 4.69) is 48.3 Å². The first-order valence-corrected chi connectivity index (χ1v) is 11.8. The Kier molecular flexibility index (Phi) is 4.15. The smallest absolute Gasteiger partial charge is 0.259 e. The van der Waals surface area contributed by atoms with Crippen LogP contribution in [-0.4, -0.2) is 31.4 Å². The van der Waals surface area contributed by atoms with Crippen LogP contribution in [-0.2, 0) is 16.6 Å². The second-order valence-electron chi connectivity index (χ2n) is 10.1. The summed E-state index contributed by atoms with van der Waals surface area (Å²) in [6, 6.07) is 8.54. The second kappa shape index (κ2) is 6.62. The molecule has 162 valence electrons. The molecule has 1 N–H and O–H groups in total. The molecular formula is C24H28N4O2S. The number of H-pyrrole nitrogens is 1. The first kappa shape index (κ1) is 19.4. The maximum absolute atomic E-state index is 14.3. The Bertz CT molecular complexity index is 1310. The first-order valence-electron chi connectivity index (χ1n) is 11.4. The van der Waals surface area contributed by atoms with Crippen LogP contribution in [0.15, 0.2) is 29.1 Å². The van der Waals surface area contributed by atoms with E-state index >= 15 is 0 Å². The molecule has 31 heavy (non-hydrogen) atoms. The minimum Gasteiger partial charge on any atom is -0.375 e. The zero-order valence-corrected chi connectivity index (χ0v) is 18.9. The Morgan fingerprint density at radius 1 is 1.23 bits per heavy atom. The summed E-state index contributed by atoms with van der Waals surface area (Å²) in [4.78, 5) is 14.3. The van der Waals surface area contributed by atoms with E-state index in [1.807, 2.05) is 8.97 Å². The molecule has 3 aliphatic rings. The number of hydrogen-bond donors (Lipinski definition) is 1. The number of nitrogens with one attached hydrogen (secondary N) is 1. The van der Waals surface area contributed by atoms with Crippen molar-refractivity contribution in [2.75, 3.05) is 6.61 Å². The molecule has 1 spiro atoms. The van der Waals surface area contributed by atoms with E-state index in [0.29, 0.717) is 17.2 Å². The Morgan fingerprint density at radius 2 is 2.00 bits per heavy atom. The molecule has 2 aromatic heterocycles. The number of fused-ring (bicyclic) bond motifs is 6. The van der Waals surface area contributed by atoms with E-state index in [9.17, 15) is 4.79 Å². The fourth-order valence-electron chi connectivity index (χ4n) is 6.40. The maximum atomic E-state index is 14.3. The number of benzene rings is 1. The highest BCUT2D eigenvalue weighted by atomic mass is 32.1. The van der Waals surface area contributed by atoms with Gasteiger partial charge in [0.25, 0.3) is 5.56 Å². The van der Waals surface area contributed by atoms with Crippen molar-refractivity contribution in [3.63, 3.8) is 0 Å². The van der Waals surface area contributed by atoms with Gasteiger partial charge in [-0.25, -0.2) is 5.10 Å². The third-order valence-electron chi connectivity index (χ3n) is 7.69. The number of ether oxygens (including phenoxy) is 1. The predicted molar refractivity (Wildman–Crippen MR) is 122 cm³/mol. The average Bonchev–Trinajstić information content (AvgIpc) is 3.34. The lowest BCUT2D eigenvalue weighted by atomic mass is 9.68. The summed E-state index contributed by atoms with van der Waals surface area (Å²) in [5.41, 5.74) is 4.10. The number of aromatic amines is 1. The SMILES string of the molecule is CC1(C)CC(n2c(=O)c3c(n4c(=S)[nH]nc24)-c2ccccc2CC32CCCC2)CCO1. The van der Waals surface area contributed by atoms with Crippen LogP contribution < -0.4 is 5.56 Å². The van der Waals surface area contributed by atoms with Crippen LogP contribution in [0, 0.1) is 4.77 Å². The summed E-state index contributed by atoms with van der Waals surface area (Å²) >= 11 is 5.72. The molecule has 1 saturated heterocycles. The largest absolute Gasteiger partial charge is 0.375 e. The summed E-state index contributed by atoms with van der Waals surface area (Å²) in [5, 5.41) is 7.55. The van der Waals surface area contributed by atoms with E-state index in [1.54, 1.807) is 0 Å². The number of nitrogens with zero attached hydrogens (tertiary/aromatic N) is 3. The molecule has 1 aromatic carbocycles. The Morgan fingerprint density at radius 3 is 2.77 bits per heavy atom. The quantitative estimate of drug-likeness (QED) is 0.561. The van der Waals surface area contributed by atoms with Gasteiger partial charge < -0.3 is 4.74 Å². The molecule has 1 aliphatic heterocycles. The fraction of sp³-hybridized carbons (Fsp3) is 0.542. The van der Waals surface area contributed by atoms with Gasteiger partial charge in [-0.3, -0.25) is 13.8 Å². The zero-order chi connectivity index (χ0) is 21.4. The topological polar surface area (TPSA) is 64.3 Å². The van der Waals surface area contributed by atoms with Gasteiger partial charge in [0.05, 0.1) is 11.3 Å². The van der Waals surface area contributed by atoms with Crippen LogP contribution in [0.4, 0.5) is 0 Å². The van der Waals surface area contributed by atoms with Gasteiger partial charge in [0, 0.05) is 29.2 Å². The summed E-state index contributed by atoms with van der Waals surface area (Å²) < 4.78 is 10.5. The van der Waals surface area contributed by atoms with E-state index in [-0.39, 0.29) is 22.6 Å². The normalized spacial score (nSPS) is 23.7. The van der Waals surface area contributed by atoms with Gasteiger partial charge in [-0.05, 0) is 63.7 Å². The maximum Gasteiger partial charge on any atom is 0.259 e. The minimum atomic E-state index is -0.264. The molecule has 3 aromatic rings. The van der Waals surface area contributed by atoms with Crippen LogP contribution in [0.2, 0.25) is 0 Å². The van der Waals surface area contributed by atoms with Crippen molar-refractivity contribution < 1.29 is 4.74 Å². The third-order valence-corrected chi connectivity index (χ3v) is 7.97. The Balaban J connectivity index is 1.73. The fourth-order valence-corrected chi connectivity index (χ4v) is 6.61. The number of hydrogen-bond acceptors (Lipinski definition) is 4. The van der Waals surface area contributed by atoms with E-state index in [0.717, 1.165) is 48.9 Å². The van der Waals surface area contributed by atoms with Crippen molar-refractivity contribution in [3.8, 4) is 11.3 Å². The summed E-state index contributed by atoms with van der Waals surface area (Å²) in [7, 11) is 0. The molecule has 6 rings (SSSR count). The minimum absolute atomic E-state index is 0.0462. The molecule has 1 atom stereocenters. The van der Waals surface area contributed by atoms with Gasteiger partial charge in [-0.2, -0.15) is 0 Å². The molecular weight excluding hydrogens is 408 g/mol. The highest BCUT2D eigenvalue weighted by molar-refractivity contribution is 7.71. The van der Waals surface area contributed by atoms with Gasteiger partial charge in [-0.15, -0.1) is 5.10 Å². The highest BCUT2D eigenvalue weighted by Crippen LogP contribution is 2.50. The second-order valence-corrected chi connectivity index (χ2v) is 10.5. The molecule has 2 aliphatic carbocycles. The predicted octanol–water partition coefficient (Wildman–Crippen LogP) is 4.72. The molecule has 0 radical (unpaired) electrons. The van der Waals surface area contributed by atoms with Crippen molar-refractivity contribution in [2.24, 2.45) is 0 Å². The van der Waals surface area contributed by atoms with Crippen LogP contribution >= 0.6 is 12.2 Å². The lowest BCUT2D eigenvalue weighted by Crippen LogP contribution is -2.44. The van der Waals surface area contributed by atoms with Gasteiger partial charge in [0.15, 0.2) is 0 Å². The van der Waals surface area contributed by atoms with Gasteiger partial charge >= 0.3 is 0 Å². The van der Waals surface area contributed by atoms with Crippen LogP contribution in [0.1, 0.15) is 69.5 Å². The molecule has 0 bridgehead atoms. The third kappa shape index (κ3) is 2.75. The Hall–Kier alpha value is -2.25. The summed E-state index contributed by atoms with van der Waals surface area (Å²) in [5.74, 6) is 0.626. The zero-order valence-electron chi connectivity index (χ0n) is 18.1. The van der Waals surface area contributed by atoms with E-state index in [1.165, 1.54) is 18.4 Å². The molecule has 0 amide bonds. The van der Waals surface area contributed by atoms with Crippen LogP contribution in [0.3, 0.4) is 0 Å². The summed E-state index contributed by atoms with van der Waals surface area (Å²) in [6.07, 6.45) is 6.96. The lowest BCUT2D eigenvalue weighted by molar-refractivity contribution is -0.0691. The number of aromatic nitrogens is 4. The van der Waals surface area contributed by atoms with Crippen LogP contribution in [0.25, 0.3) is 17.0 Å². The highest BCUT2D eigenvalue weighted by Gasteiger charge is 2.46. The van der Waals surface area contributed by atoms with Crippen molar-refractivity contribution in [3.05, 3.63) is 50.5 Å². The van der Waals surface area contributed by atoms with Crippen LogP contribution in [0.5, 0.6) is 0 Å². The van der Waals surface area contributed by atoms with Crippen molar-refractivity contribution >= 4 is 18.0 Å². The Labute approximate surface area is 186 Å².